The van der Waals surface area contributed by atoms with Gasteiger partial charge in [-0.1, -0.05) is 24.3 Å². The third-order valence-electron chi connectivity index (χ3n) is 4.95. The molecule has 2 aliphatic rings. The summed E-state index contributed by atoms with van der Waals surface area (Å²) < 4.78 is 4.87. The molecule has 7 nitrogen and oxygen atoms in total. The summed E-state index contributed by atoms with van der Waals surface area (Å²) in [5.41, 5.74) is 1.86. The maximum Gasteiger partial charge on any atom is 0.315 e. The van der Waals surface area contributed by atoms with Gasteiger partial charge in [0, 0.05) is 16.8 Å². The van der Waals surface area contributed by atoms with Crippen molar-refractivity contribution in [3.8, 4) is 0 Å². The SMILES string of the molecule is CCOC(=O)CC(=O)N1c2ccccc2C(=O)C1C1Nc2ccccc2C1=O. The average Bonchev–Trinajstić information content (AvgIpc) is 3.17. The lowest BCUT2D eigenvalue weighted by Gasteiger charge is -2.28. The van der Waals surface area contributed by atoms with Crippen LogP contribution in [0.2, 0.25) is 0 Å². The van der Waals surface area contributed by atoms with Crippen molar-refractivity contribution in [1.29, 1.82) is 0 Å². The van der Waals surface area contributed by atoms with E-state index in [4.69, 9.17) is 4.74 Å². The maximum atomic E-state index is 13.1. The molecule has 2 aliphatic heterocycles. The second kappa shape index (κ2) is 6.92. The first-order valence-electron chi connectivity index (χ1n) is 9.03. The normalized spacial score (nSPS) is 19.8. The van der Waals surface area contributed by atoms with Gasteiger partial charge in [-0.3, -0.25) is 24.1 Å². The molecule has 1 N–H and O–H groups in total. The fraction of sp³-hybridized carbons (Fsp3) is 0.238. The molecule has 2 heterocycles. The van der Waals surface area contributed by atoms with Crippen LogP contribution >= 0.6 is 0 Å². The monoisotopic (exact) mass is 378 g/mol. The van der Waals surface area contributed by atoms with E-state index in [2.05, 4.69) is 5.32 Å². The summed E-state index contributed by atoms with van der Waals surface area (Å²) in [7, 11) is 0. The number of Topliss-reactive ketones (excluding diaryl/α,β-unsaturated/α-hetero) is 2. The number of carbonyl (C=O) groups excluding carboxylic acids is 4. The molecule has 142 valence electrons. The third kappa shape index (κ3) is 2.76. The lowest BCUT2D eigenvalue weighted by molar-refractivity contribution is -0.145. The number of nitrogens with zero attached hydrogens (tertiary/aromatic N) is 1. The zero-order valence-electron chi connectivity index (χ0n) is 15.2. The molecule has 0 radical (unpaired) electrons. The summed E-state index contributed by atoms with van der Waals surface area (Å²) in [5.74, 6) is -1.83. The Labute approximate surface area is 161 Å². The van der Waals surface area contributed by atoms with Crippen molar-refractivity contribution in [2.24, 2.45) is 0 Å². The third-order valence-corrected chi connectivity index (χ3v) is 4.95. The van der Waals surface area contributed by atoms with Crippen LogP contribution in [0.5, 0.6) is 0 Å². The van der Waals surface area contributed by atoms with Crippen LogP contribution < -0.4 is 10.2 Å². The van der Waals surface area contributed by atoms with E-state index >= 15 is 0 Å². The highest BCUT2D eigenvalue weighted by Crippen LogP contribution is 2.38. The van der Waals surface area contributed by atoms with Crippen LogP contribution in [-0.2, 0) is 14.3 Å². The van der Waals surface area contributed by atoms with Gasteiger partial charge in [0.1, 0.15) is 18.5 Å². The van der Waals surface area contributed by atoms with Crippen LogP contribution in [0.25, 0.3) is 0 Å². The number of ether oxygens (including phenoxy) is 1. The van der Waals surface area contributed by atoms with Crippen molar-refractivity contribution in [2.45, 2.75) is 25.4 Å². The molecule has 0 aliphatic carbocycles. The summed E-state index contributed by atoms with van der Waals surface area (Å²) in [4.78, 5) is 52.0. The zero-order valence-corrected chi connectivity index (χ0v) is 15.2. The van der Waals surface area contributed by atoms with Crippen LogP contribution in [0.4, 0.5) is 11.4 Å². The molecular weight excluding hydrogens is 360 g/mol. The highest BCUT2D eigenvalue weighted by Gasteiger charge is 2.50. The second-order valence-corrected chi connectivity index (χ2v) is 6.60. The van der Waals surface area contributed by atoms with Crippen LogP contribution in [0.3, 0.4) is 0 Å². The number of esters is 1. The summed E-state index contributed by atoms with van der Waals surface area (Å²) >= 11 is 0. The van der Waals surface area contributed by atoms with Gasteiger partial charge in [-0.15, -0.1) is 0 Å². The summed E-state index contributed by atoms with van der Waals surface area (Å²) in [6.07, 6.45) is -0.500. The molecule has 0 fully saturated rings. The number of fused-ring (bicyclic) bond motifs is 2. The van der Waals surface area contributed by atoms with Crippen LogP contribution in [-0.4, -0.2) is 42.1 Å². The van der Waals surface area contributed by atoms with E-state index in [1.54, 1.807) is 55.5 Å². The van der Waals surface area contributed by atoms with Gasteiger partial charge in [-0.05, 0) is 31.2 Å². The number of para-hydroxylation sites is 2. The van der Waals surface area contributed by atoms with E-state index in [9.17, 15) is 19.2 Å². The van der Waals surface area contributed by atoms with E-state index in [1.165, 1.54) is 4.90 Å². The van der Waals surface area contributed by atoms with Crippen molar-refractivity contribution in [2.75, 3.05) is 16.8 Å². The van der Waals surface area contributed by atoms with Crippen LogP contribution in [0, 0.1) is 0 Å². The molecule has 28 heavy (non-hydrogen) atoms. The van der Waals surface area contributed by atoms with Gasteiger partial charge >= 0.3 is 5.97 Å². The van der Waals surface area contributed by atoms with Gasteiger partial charge in [0.05, 0.1) is 12.3 Å². The Morgan fingerprint density at radius 1 is 1.00 bits per heavy atom. The molecule has 0 saturated heterocycles. The Kier molecular flexibility index (Phi) is 4.43. The summed E-state index contributed by atoms with van der Waals surface area (Å²) in [6.45, 7) is 1.81. The first-order valence-corrected chi connectivity index (χ1v) is 9.03. The quantitative estimate of drug-likeness (QED) is 0.648. The molecule has 1 amide bonds. The predicted molar refractivity (Wildman–Crippen MR) is 101 cm³/mol. The lowest BCUT2D eigenvalue weighted by atomic mass is 9.97. The van der Waals surface area contributed by atoms with E-state index in [0.717, 1.165) is 0 Å². The number of anilines is 2. The van der Waals surface area contributed by atoms with E-state index in [1.807, 2.05) is 0 Å². The van der Waals surface area contributed by atoms with E-state index in [0.29, 0.717) is 22.5 Å². The fourth-order valence-electron chi connectivity index (χ4n) is 3.78. The largest absolute Gasteiger partial charge is 0.466 e. The molecule has 2 unspecified atom stereocenters. The molecule has 2 aromatic rings. The number of amides is 1. The molecule has 0 saturated carbocycles. The summed E-state index contributed by atoms with van der Waals surface area (Å²) in [5, 5.41) is 3.07. The number of ketones is 2. The molecular formula is C21H18N2O5. The van der Waals surface area contributed by atoms with Gasteiger partial charge in [0.2, 0.25) is 5.91 Å². The highest BCUT2D eigenvalue weighted by molar-refractivity contribution is 6.24. The Balaban J connectivity index is 1.71. The van der Waals surface area contributed by atoms with Crippen molar-refractivity contribution in [3.63, 3.8) is 0 Å². The molecule has 2 atom stereocenters. The van der Waals surface area contributed by atoms with Crippen molar-refractivity contribution in [1.82, 2.24) is 0 Å². The Morgan fingerprint density at radius 2 is 1.68 bits per heavy atom. The van der Waals surface area contributed by atoms with Crippen LogP contribution in [0.15, 0.2) is 48.5 Å². The first-order chi connectivity index (χ1) is 13.5. The lowest BCUT2D eigenvalue weighted by Crippen LogP contribution is -2.52. The van der Waals surface area contributed by atoms with Gasteiger partial charge < -0.3 is 10.1 Å². The fourth-order valence-corrected chi connectivity index (χ4v) is 3.78. The van der Waals surface area contributed by atoms with E-state index in [-0.39, 0.29) is 18.2 Å². The minimum atomic E-state index is -1.06. The van der Waals surface area contributed by atoms with Gasteiger partial charge in [0.25, 0.3) is 0 Å². The predicted octanol–water partition coefficient (Wildman–Crippen LogP) is 2.21. The number of hydrogen-bond donors (Lipinski definition) is 1. The highest BCUT2D eigenvalue weighted by atomic mass is 16.5. The van der Waals surface area contributed by atoms with Gasteiger partial charge in [-0.25, -0.2) is 0 Å². The number of benzene rings is 2. The summed E-state index contributed by atoms with van der Waals surface area (Å²) in [6, 6.07) is 11.7. The first kappa shape index (κ1) is 17.9. The number of hydrogen-bond acceptors (Lipinski definition) is 6. The molecule has 0 aromatic heterocycles. The Hall–Kier alpha value is -3.48. The molecule has 0 spiro atoms. The maximum absolute atomic E-state index is 13.1. The van der Waals surface area contributed by atoms with Gasteiger partial charge in [-0.2, -0.15) is 0 Å². The number of rotatable bonds is 4. The van der Waals surface area contributed by atoms with Gasteiger partial charge in [0.15, 0.2) is 11.6 Å². The molecule has 7 heteroatoms. The molecule has 4 rings (SSSR count). The molecule has 2 aromatic carbocycles. The Bertz CT molecular complexity index is 1000. The zero-order chi connectivity index (χ0) is 19.8. The topological polar surface area (TPSA) is 92.8 Å². The van der Waals surface area contributed by atoms with Crippen molar-refractivity contribution < 1.29 is 23.9 Å². The average molecular weight is 378 g/mol. The minimum Gasteiger partial charge on any atom is -0.466 e. The smallest absolute Gasteiger partial charge is 0.315 e. The van der Waals surface area contributed by atoms with Crippen LogP contribution in [0.1, 0.15) is 34.1 Å². The van der Waals surface area contributed by atoms with Crippen molar-refractivity contribution >= 4 is 34.8 Å². The minimum absolute atomic E-state index is 0.156. The van der Waals surface area contributed by atoms with E-state index < -0.39 is 30.4 Å². The second-order valence-electron chi connectivity index (χ2n) is 6.60. The number of carbonyl (C=O) groups is 4. The number of nitrogens with one attached hydrogen (secondary N) is 1. The van der Waals surface area contributed by atoms with Crippen molar-refractivity contribution in [3.05, 3.63) is 59.7 Å². The Morgan fingerprint density at radius 3 is 2.39 bits per heavy atom. The standard InChI is InChI=1S/C21H18N2O5/c1-2-28-17(25)11-16(24)23-15-10-6-4-8-13(15)21(27)19(23)18-20(26)12-7-3-5-9-14(12)22-18/h3-10,18-19,22H,2,11H2,1H3. The molecule has 0 bridgehead atoms.